The highest BCUT2D eigenvalue weighted by atomic mass is 79.9. The smallest absolute Gasteiger partial charge is 0.255 e. The molecule has 0 N–H and O–H groups in total. The molecule has 2 heterocycles. The van der Waals surface area contributed by atoms with Crippen LogP contribution in [0.3, 0.4) is 0 Å². The number of benzene rings is 3. The van der Waals surface area contributed by atoms with Crippen LogP contribution in [0.1, 0.15) is 28.8 Å². The molecule has 0 saturated carbocycles. The van der Waals surface area contributed by atoms with Gasteiger partial charge in [0.1, 0.15) is 12.1 Å². The van der Waals surface area contributed by atoms with E-state index in [0.717, 1.165) is 15.7 Å². The Bertz CT molecular complexity index is 1310. The second kappa shape index (κ2) is 11.0. The van der Waals surface area contributed by atoms with Gasteiger partial charge in [0.2, 0.25) is 5.91 Å². The molecular weight excluding hydrogens is 544 g/mol. The van der Waals surface area contributed by atoms with Gasteiger partial charge >= 0.3 is 0 Å². The normalized spacial score (nSPS) is 16.7. The van der Waals surface area contributed by atoms with Crippen molar-refractivity contribution in [1.82, 2.24) is 14.7 Å². The maximum atomic E-state index is 14.0. The van der Waals surface area contributed by atoms with Crippen molar-refractivity contribution in [3.63, 3.8) is 0 Å². The van der Waals surface area contributed by atoms with E-state index in [9.17, 15) is 14.4 Å². The van der Waals surface area contributed by atoms with Crippen LogP contribution >= 0.6 is 15.9 Å². The summed E-state index contributed by atoms with van der Waals surface area (Å²) in [6.07, 6.45) is 1.00. The standard InChI is InChI=1S/C30H31BrN4O3/c1-32(20-23-10-4-2-5-11-23)27(36)21-34-22-35(24-12-6-3-7-13-24)30(29(34)38)16-18-33(19-17-30)28(37)25-14-8-9-15-26(25)31/h2-15H,16-22H2,1H3. The van der Waals surface area contributed by atoms with Crippen LogP contribution in [0.25, 0.3) is 0 Å². The van der Waals surface area contributed by atoms with Gasteiger partial charge in [0.15, 0.2) is 0 Å². The van der Waals surface area contributed by atoms with Crippen molar-refractivity contribution in [1.29, 1.82) is 0 Å². The number of halogens is 1. The first-order valence-corrected chi connectivity index (χ1v) is 13.6. The molecule has 3 aromatic carbocycles. The third-order valence-electron chi connectivity index (χ3n) is 7.58. The number of rotatable bonds is 6. The molecule has 0 aliphatic carbocycles. The molecule has 8 heteroatoms. The number of carbonyl (C=O) groups is 3. The van der Waals surface area contributed by atoms with Gasteiger partial charge in [0, 0.05) is 36.8 Å². The summed E-state index contributed by atoms with van der Waals surface area (Å²) < 4.78 is 0.762. The second-order valence-electron chi connectivity index (χ2n) is 9.95. The van der Waals surface area contributed by atoms with Gasteiger partial charge in [-0.3, -0.25) is 14.4 Å². The fourth-order valence-corrected chi connectivity index (χ4v) is 5.89. The van der Waals surface area contributed by atoms with E-state index in [1.807, 2.05) is 89.8 Å². The zero-order valence-corrected chi connectivity index (χ0v) is 23.0. The zero-order valence-electron chi connectivity index (χ0n) is 21.4. The number of carbonyl (C=O) groups excluding carboxylic acids is 3. The molecule has 2 saturated heterocycles. The minimum atomic E-state index is -0.787. The Morgan fingerprint density at radius 1 is 0.895 bits per heavy atom. The van der Waals surface area contributed by atoms with Gasteiger partial charge in [-0.25, -0.2) is 0 Å². The molecular formula is C30H31BrN4O3. The maximum absolute atomic E-state index is 14.0. The number of hydrogen-bond acceptors (Lipinski definition) is 4. The lowest BCUT2D eigenvalue weighted by Gasteiger charge is -2.43. The average Bonchev–Trinajstić information content (AvgIpc) is 3.20. The lowest BCUT2D eigenvalue weighted by atomic mass is 9.85. The van der Waals surface area contributed by atoms with Crippen LogP contribution < -0.4 is 4.90 Å². The highest BCUT2D eigenvalue weighted by Crippen LogP contribution is 2.40. The summed E-state index contributed by atoms with van der Waals surface area (Å²) in [5, 5.41) is 0. The summed E-state index contributed by atoms with van der Waals surface area (Å²) in [6.45, 7) is 1.77. The number of nitrogens with zero attached hydrogens (tertiary/aromatic N) is 4. The van der Waals surface area contributed by atoms with Crippen molar-refractivity contribution < 1.29 is 14.4 Å². The van der Waals surface area contributed by atoms with Crippen molar-refractivity contribution in [3.8, 4) is 0 Å². The first kappa shape index (κ1) is 26.0. The number of piperidine rings is 1. The van der Waals surface area contributed by atoms with Crippen LogP contribution in [0, 0.1) is 0 Å². The molecule has 3 amide bonds. The third kappa shape index (κ3) is 5.05. The molecule has 38 heavy (non-hydrogen) atoms. The van der Waals surface area contributed by atoms with E-state index in [-0.39, 0.29) is 24.3 Å². The fraction of sp³-hybridized carbons (Fsp3) is 0.300. The molecule has 1 spiro atoms. The fourth-order valence-electron chi connectivity index (χ4n) is 5.44. The predicted octanol–water partition coefficient (Wildman–Crippen LogP) is 4.39. The van der Waals surface area contributed by atoms with Crippen LogP contribution in [-0.4, -0.2) is 71.3 Å². The van der Waals surface area contributed by atoms with E-state index in [0.29, 0.717) is 44.7 Å². The molecule has 0 aromatic heterocycles. The number of likely N-dealkylation sites (tertiary alicyclic amines) is 1. The van der Waals surface area contributed by atoms with E-state index in [4.69, 9.17) is 0 Å². The Balaban J connectivity index is 1.33. The zero-order chi connectivity index (χ0) is 26.7. The van der Waals surface area contributed by atoms with Crippen molar-refractivity contribution in [2.45, 2.75) is 24.9 Å². The number of anilines is 1. The van der Waals surface area contributed by atoms with Crippen molar-refractivity contribution in [2.24, 2.45) is 0 Å². The molecule has 3 aromatic rings. The van der Waals surface area contributed by atoms with Crippen molar-refractivity contribution >= 4 is 39.3 Å². The first-order chi connectivity index (χ1) is 18.4. The lowest BCUT2D eigenvalue weighted by molar-refractivity contribution is -0.140. The molecule has 0 bridgehead atoms. The van der Waals surface area contributed by atoms with Gasteiger partial charge in [-0.1, -0.05) is 60.7 Å². The number of hydrogen-bond donors (Lipinski definition) is 0. The molecule has 7 nitrogen and oxygen atoms in total. The quantitative estimate of drug-likeness (QED) is 0.438. The number of amides is 3. The van der Waals surface area contributed by atoms with E-state index < -0.39 is 5.54 Å². The molecule has 2 aliphatic rings. The number of para-hydroxylation sites is 1. The average molecular weight is 576 g/mol. The Hall–Kier alpha value is -3.65. The van der Waals surface area contributed by atoms with E-state index >= 15 is 0 Å². The van der Waals surface area contributed by atoms with Gasteiger partial charge in [-0.2, -0.15) is 0 Å². The monoisotopic (exact) mass is 574 g/mol. The van der Waals surface area contributed by atoms with Crippen LogP contribution in [0.15, 0.2) is 89.4 Å². The Morgan fingerprint density at radius 3 is 2.16 bits per heavy atom. The summed E-state index contributed by atoms with van der Waals surface area (Å²) in [5.41, 5.74) is 1.82. The molecule has 0 unspecified atom stereocenters. The first-order valence-electron chi connectivity index (χ1n) is 12.8. The minimum absolute atomic E-state index is 0.0207. The topological polar surface area (TPSA) is 64.2 Å². The third-order valence-corrected chi connectivity index (χ3v) is 8.27. The summed E-state index contributed by atoms with van der Waals surface area (Å²) in [7, 11) is 1.77. The summed E-state index contributed by atoms with van der Waals surface area (Å²) in [4.78, 5) is 47.6. The predicted molar refractivity (Wildman–Crippen MR) is 150 cm³/mol. The highest BCUT2D eigenvalue weighted by molar-refractivity contribution is 9.10. The van der Waals surface area contributed by atoms with Crippen LogP contribution in [0.4, 0.5) is 5.69 Å². The lowest BCUT2D eigenvalue weighted by Crippen LogP contribution is -2.57. The second-order valence-corrected chi connectivity index (χ2v) is 10.8. The van der Waals surface area contributed by atoms with E-state index in [2.05, 4.69) is 20.8 Å². The van der Waals surface area contributed by atoms with Crippen molar-refractivity contribution in [2.75, 3.05) is 38.3 Å². The molecule has 2 aliphatic heterocycles. The molecule has 0 atom stereocenters. The van der Waals surface area contributed by atoms with Gasteiger partial charge in [0.05, 0.1) is 12.2 Å². The van der Waals surface area contributed by atoms with Gasteiger partial charge in [0.25, 0.3) is 11.8 Å². The van der Waals surface area contributed by atoms with Gasteiger partial charge in [-0.15, -0.1) is 0 Å². The summed E-state index contributed by atoms with van der Waals surface area (Å²) in [6, 6.07) is 27.1. The van der Waals surface area contributed by atoms with E-state index in [1.165, 1.54) is 0 Å². The Kier molecular flexibility index (Phi) is 7.51. The van der Waals surface area contributed by atoms with Crippen LogP contribution in [-0.2, 0) is 16.1 Å². The van der Waals surface area contributed by atoms with E-state index in [1.54, 1.807) is 16.8 Å². The maximum Gasteiger partial charge on any atom is 0.255 e. The molecule has 196 valence electrons. The Morgan fingerprint density at radius 2 is 1.50 bits per heavy atom. The highest BCUT2D eigenvalue weighted by Gasteiger charge is 2.54. The molecule has 2 fully saturated rings. The largest absolute Gasteiger partial charge is 0.340 e. The SMILES string of the molecule is CN(Cc1ccccc1)C(=O)CN1CN(c2ccccc2)C2(CCN(C(=O)c3ccccc3Br)CC2)C1=O. The van der Waals surface area contributed by atoms with Gasteiger partial charge < -0.3 is 19.6 Å². The molecule has 5 rings (SSSR count). The Labute approximate surface area is 231 Å². The number of likely N-dealkylation sites (N-methyl/N-ethyl adjacent to an activating group) is 1. The van der Waals surface area contributed by atoms with Gasteiger partial charge in [-0.05, 0) is 58.6 Å². The molecule has 0 radical (unpaired) electrons. The van der Waals surface area contributed by atoms with Crippen LogP contribution in [0.5, 0.6) is 0 Å². The summed E-state index contributed by atoms with van der Waals surface area (Å²) >= 11 is 3.48. The summed E-state index contributed by atoms with van der Waals surface area (Å²) in [5.74, 6) is -0.191. The van der Waals surface area contributed by atoms with Crippen molar-refractivity contribution in [3.05, 3.63) is 101 Å². The van der Waals surface area contributed by atoms with Crippen LogP contribution in [0.2, 0.25) is 0 Å². The minimum Gasteiger partial charge on any atom is -0.340 e.